The molecule has 0 saturated heterocycles. The highest BCUT2D eigenvalue weighted by atomic mass is 16.6. The fourth-order valence-corrected chi connectivity index (χ4v) is 2.42. The molecule has 0 radical (unpaired) electrons. The largest absolute Gasteiger partial charge is 0.481 e. The molecule has 1 aliphatic carbocycles. The van der Waals surface area contributed by atoms with Crippen molar-refractivity contribution in [3.63, 3.8) is 0 Å². The maximum atomic E-state index is 11.5. The van der Waals surface area contributed by atoms with E-state index >= 15 is 0 Å². The third kappa shape index (κ3) is 5.46. The lowest BCUT2D eigenvalue weighted by Gasteiger charge is -2.23. The molecule has 0 aromatic heterocycles. The molecule has 0 bridgehead atoms. The minimum Gasteiger partial charge on any atom is -0.481 e. The fraction of sp³-hybridized carbons (Fsp3) is 0.846. The van der Waals surface area contributed by atoms with Gasteiger partial charge in [-0.15, -0.1) is 0 Å². The Balaban J connectivity index is 2.45. The second-order valence-electron chi connectivity index (χ2n) is 6.05. The van der Waals surface area contributed by atoms with E-state index in [1.807, 2.05) is 0 Å². The quantitative estimate of drug-likeness (QED) is 0.719. The third-order valence-electron chi connectivity index (χ3n) is 3.25. The lowest BCUT2D eigenvalue weighted by molar-refractivity contribution is -0.138. The number of carbonyl (C=O) groups excluding carboxylic acids is 1. The molecule has 6 nitrogen and oxygen atoms in total. The number of carboxylic acid groups (broad SMARTS) is 1. The highest BCUT2D eigenvalue weighted by Gasteiger charge is 2.36. The van der Waals surface area contributed by atoms with Gasteiger partial charge < -0.3 is 20.3 Å². The summed E-state index contributed by atoms with van der Waals surface area (Å²) in [5, 5.41) is 21.2. The van der Waals surface area contributed by atoms with E-state index in [9.17, 15) is 14.7 Å². The maximum absolute atomic E-state index is 11.5. The first-order valence-corrected chi connectivity index (χ1v) is 6.56. The average Bonchev–Trinajstić information content (AvgIpc) is 2.53. The first-order chi connectivity index (χ1) is 8.69. The zero-order valence-electron chi connectivity index (χ0n) is 11.7. The molecule has 110 valence electrons. The van der Waals surface area contributed by atoms with Gasteiger partial charge in [0.15, 0.2) is 0 Å². The predicted octanol–water partition coefficient (Wildman–Crippen LogP) is 1.37. The van der Waals surface area contributed by atoms with Crippen LogP contribution in [0.4, 0.5) is 4.79 Å². The molecule has 0 spiro atoms. The minimum atomic E-state index is -0.874. The van der Waals surface area contributed by atoms with Gasteiger partial charge in [0, 0.05) is 18.9 Å². The highest BCUT2D eigenvalue weighted by molar-refractivity contribution is 5.68. The number of hydrogen-bond donors (Lipinski definition) is 3. The predicted molar refractivity (Wildman–Crippen MR) is 68.7 cm³/mol. The number of hydrogen-bond acceptors (Lipinski definition) is 4. The van der Waals surface area contributed by atoms with E-state index in [0.717, 1.165) is 0 Å². The fourth-order valence-electron chi connectivity index (χ4n) is 2.42. The van der Waals surface area contributed by atoms with Crippen LogP contribution in [0.1, 0.15) is 40.0 Å². The van der Waals surface area contributed by atoms with Gasteiger partial charge in [0.2, 0.25) is 0 Å². The number of aliphatic hydroxyl groups is 1. The molecule has 0 aromatic carbocycles. The molecule has 0 heterocycles. The van der Waals surface area contributed by atoms with Crippen LogP contribution in [0.15, 0.2) is 0 Å². The Bertz CT molecular complexity index is 336. The van der Waals surface area contributed by atoms with Crippen LogP contribution in [0.25, 0.3) is 0 Å². The van der Waals surface area contributed by atoms with Crippen LogP contribution in [0, 0.1) is 11.8 Å². The smallest absolute Gasteiger partial charge is 0.407 e. The van der Waals surface area contributed by atoms with Crippen molar-refractivity contribution in [2.24, 2.45) is 11.8 Å². The topological polar surface area (TPSA) is 95.9 Å². The van der Waals surface area contributed by atoms with Gasteiger partial charge >= 0.3 is 12.1 Å². The molecule has 1 saturated carbocycles. The molecular weight excluding hydrogens is 250 g/mol. The SMILES string of the molecule is CC(C)(C)OC(=O)NCC1C(O)CCC1CC(=O)O. The Hall–Kier alpha value is -1.30. The van der Waals surface area contributed by atoms with E-state index in [0.29, 0.717) is 12.8 Å². The number of carboxylic acids is 1. The zero-order chi connectivity index (χ0) is 14.6. The van der Waals surface area contributed by atoms with Crippen LogP contribution in [-0.2, 0) is 9.53 Å². The number of carbonyl (C=O) groups is 2. The molecule has 0 aromatic rings. The lowest BCUT2D eigenvalue weighted by atomic mass is 9.92. The van der Waals surface area contributed by atoms with Crippen LogP contribution in [-0.4, -0.2) is 40.5 Å². The molecule has 6 heteroatoms. The summed E-state index contributed by atoms with van der Waals surface area (Å²) in [5.74, 6) is -1.19. The Morgan fingerprint density at radius 2 is 1.95 bits per heavy atom. The van der Waals surface area contributed by atoms with Gasteiger partial charge in [-0.25, -0.2) is 4.79 Å². The number of alkyl carbamates (subject to hydrolysis) is 1. The van der Waals surface area contributed by atoms with Crippen molar-refractivity contribution in [1.82, 2.24) is 5.32 Å². The molecule has 1 rings (SSSR count). The molecule has 1 fully saturated rings. The first kappa shape index (κ1) is 15.8. The number of ether oxygens (including phenoxy) is 1. The standard InChI is InChI=1S/C13H23NO5/c1-13(2,3)19-12(18)14-7-9-8(6-11(16)17)4-5-10(9)15/h8-10,15H,4-7H2,1-3H3,(H,14,18)(H,16,17). The lowest BCUT2D eigenvalue weighted by Crippen LogP contribution is -2.38. The zero-order valence-corrected chi connectivity index (χ0v) is 11.7. The van der Waals surface area contributed by atoms with E-state index < -0.39 is 23.8 Å². The monoisotopic (exact) mass is 273 g/mol. The number of aliphatic hydroxyl groups excluding tert-OH is 1. The Kier molecular flexibility index (Phi) is 5.17. The highest BCUT2D eigenvalue weighted by Crippen LogP contribution is 2.34. The van der Waals surface area contributed by atoms with E-state index in [4.69, 9.17) is 9.84 Å². The van der Waals surface area contributed by atoms with Crippen molar-refractivity contribution < 1.29 is 24.5 Å². The number of amides is 1. The van der Waals surface area contributed by atoms with E-state index in [-0.39, 0.29) is 24.8 Å². The molecule has 3 N–H and O–H groups in total. The summed E-state index contributed by atoms with van der Waals surface area (Å²) >= 11 is 0. The Labute approximate surface area is 113 Å². The summed E-state index contributed by atoms with van der Waals surface area (Å²) in [7, 11) is 0. The molecular formula is C13H23NO5. The van der Waals surface area contributed by atoms with Crippen molar-refractivity contribution >= 4 is 12.1 Å². The first-order valence-electron chi connectivity index (χ1n) is 6.56. The number of rotatable bonds is 4. The van der Waals surface area contributed by atoms with Crippen molar-refractivity contribution in [1.29, 1.82) is 0 Å². The van der Waals surface area contributed by atoms with Crippen LogP contribution >= 0.6 is 0 Å². The summed E-state index contributed by atoms with van der Waals surface area (Å²) in [6.07, 6.45) is 0.185. The van der Waals surface area contributed by atoms with Crippen LogP contribution in [0.2, 0.25) is 0 Å². The Morgan fingerprint density at radius 1 is 1.32 bits per heavy atom. The summed E-state index contributed by atoms with van der Waals surface area (Å²) in [4.78, 5) is 22.3. The molecule has 3 atom stereocenters. The van der Waals surface area contributed by atoms with Gasteiger partial charge in [0.05, 0.1) is 6.10 Å². The summed E-state index contributed by atoms with van der Waals surface area (Å²) in [5.41, 5.74) is -0.571. The summed E-state index contributed by atoms with van der Waals surface area (Å²) < 4.78 is 5.10. The molecule has 3 unspecified atom stereocenters. The summed E-state index contributed by atoms with van der Waals surface area (Å²) in [6.45, 7) is 5.55. The van der Waals surface area contributed by atoms with Crippen LogP contribution in [0.5, 0.6) is 0 Å². The molecule has 1 amide bonds. The normalized spacial score (nSPS) is 27.1. The molecule has 1 aliphatic rings. The van der Waals surface area contributed by atoms with Crippen molar-refractivity contribution in [2.45, 2.75) is 51.7 Å². The van der Waals surface area contributed by atoms with E-state index in [1.165, 1.54) is 0 Å². The van der Waals surface area contributed by atoms with E-state index in [2.05, 4.69) is 5.32 Å². The average molecular weight is 273 g/mol. The Morgan fingerprint density at radius 3 is 2.47 bits per heavy atom. The van der Waals surface area contributed by atoms with Gasteiger partial charge in [-0.3, -0.25) is 4.79 Å². The maximum Gasteiger partial charge on any atom is 0.407 e. The van der Waals surface area contributed by atoms with Gasteiger partial charge in [0.1, 0.15) is 5.60 Å². The second kappa shape index (κ2) is 6.23. The second-order valence-corrected chi connectivity index (χ2v) is 6.05. The van der Waals surface area contributed by atoms with Gasteiger partial charge in [-0.05, 0) is 39.5 Å². The van der Waals surface area contributed by atoms with Crippen molar-refractivity contribution in [3.8, 4) is 0 Å². The van der Waals surface area contributed by atoms with Gasteiger partial charge in [0.25, 0.3) is 0 Å². The summed E-state index contributed by atoms with van der Waals surface area (Å²) in [6, 6.07) is 0. The van der Waals surface area contributed by atoms with Crippen LogP contribution < -0.4 is 5.32 Å². The number of aliphatic carboxylic acids is 1. The molecule has 19 heavy (non-hydrogen) atoms. The van der Waals surface area contributed by atoms with Crippen LogP contribution in [0.3, 0.4) is 0 Å². The van der Waals surface area contributed by atoms with Crippen molar-refractivity contribution in [2.75, 3.05) is 6.54 Å². The number of nitrogens with one attached hydrogen (secondary N) is 1. The van der Waals surface area contributed by atoms with E-state index in [1.54, 1.807) is 20.8 Å². The molecule has 0 aliphatic heterocycles. The van der Waals surface area contributed by atoms with Crippen molar-refractivity contribution in [3.05, 3.63) is 0 Å². The minimum absolute atomic E-state index is 0.0255. The van der Waals surface area contributed by atoms with Gasteiger partial charge in [-0.2, -0.15) is 0 Å². The third-order valence-corrected chi connectivity index (χ3v) is 3.25. The van der Waals surface area contributed by atoms with Gasteiger partial charge in [-0.1, -0.05) is 0 Å².